The summed E-state index contributed by atoms with van der Waals surface area (Å²) in [6, 6.07) is -0.873. The fraction of sp³-hybridized carbons (Fsp3) is 0.769. The molecule has 0 bridgehead atoms. The molecule has 0 heterocycles. The van der Waals surface area contributed by atoms with Gasteiger partial charge in [0.05, 0.1) is 39.9 Å². The van der Waals surface area contributed by atoms with Crippen LogP contribution in [-0.4, -0.2) is 73.4 Å². The summed E-state index contributed by atoms with van der Waals surface area (Å²) in [7, 11) is 1.55. The van der Waals surface area contributed by atoms with Crippen molar-refractivity contribution in [2.75, 3.05) is 40.9 Å². The lowest BCUT2D eigenvalue weighted by molar-refractivity contribution is -0.870. The van der Waals surface area contributed by atoms with Gasteiger partial charge >= 0.3 is 7.82 Å². The molecule has 1 amide bonds. The van der Waals surface area contributed by atoms with Crippen molar-refractivity contribution >= 4 is 13.7 Å². The molecule has 3 unspecified atom stereocenters. The molecule has 9 heteroatoms. The van der Waals surface area contributed by atoms with E-state index in [-0.39, 0.29) is 19.1 Å². The van der Waals surface area contributed by atoms with Crippen LogP contribution in [-0.2, 0) is 18.4 Å². The molecule has 0 aliphatic carbocycles. The molecule has 8 nitrogen and oxygen atoms in total. The van der Waals surface area contributed by atoms with Crippen molar-refractivity contribution < 1.29 is 32.9 Å². The maximum atomic E-state index is 13.0. The first-order valence-electron chi connectivity index (χ1n) is 31.0. The molecule has 3 N–H and O–H groups in total. The van der Waals surface area contributed by atoms with E-state index in [9.17, 15) is 19.4 Å². The Balaban J connectivity index is 4.12. The highest BCUT2D eigenvalue weighted by Crippen LogP contribution is 2.43. The largest absolute Gasteiger partial charge is 0.472 e. The topological polar surface area (TPSA) is 105 Å². The molecule has 3 atom stereocenters. The molecule has 0 fully saturated rings. The molecule has 0 aromatic carbocycles. The number of hydrogen-bond donors (Lipinski definition) is 3. The number of carbonyl (C=O) groups excluding carboxylic acids is 1. The van der Waals surface area contributed by atoms with Crippen LogP contribution in [0.2, 0.25) is 0 Å². The summed E-state index contributed by atoms with van der Waals surface area (Å²) in [5, 5.41) is 13.9. The lowest BCUT2D eigenvalue weighted by atomic mass is 10.0. The van der Waals surface area contributed by atoms with Crippen LogP contribution in [0.15, 0.2) is 85.1 Å². The molecule has 0 aromatic rings. The smallest absolute Gasteiger partial charge is 0.387 e. The fourth-order valence-electron chi connectivity index (χ4n) is 8.77. The number of hydrogen-bond acceptors (Lipinski definition) is 5. The number of likely N-dealkylation sites (N-methyl/N-ethyl adjacent to an activating group) is 1. The van der Waals surface area contributed by atoms with Crippen LogP contribution >= 0.6 is 7.82 Å². The number of unbranched alkanes of at least 4 members (excludes halogenated alkanes) is 31. The number of phosphoric ester groups is 1. The predicted molar refractivity (Wildman–Crippen MR) is 323 cm³/mol. The second-order valence-electron chi connectivity index (χ2n) is 22.0. The minimum absolute atomic E-state index is 0.0520. The molecule has 0 aromatic heterocycles. The van der Waals surface area contributed by atoms with Gasteiger partial charge in [-0.3, -0.25) is 13.8 Å². The number of phosphoric acid groups is 1. The van der Waals surface area contributed by atoms with E-state index in [2.05, 4.69) is 92.1 Å². The zero-order valence-corrected chi connectivity index (χ0v) is 50.0. The van der Waals surface area contributed by atoms with E-state index >= 15 is 0 Å². The molecule has 0 rings (SSSR count). The Morgan fingerprint density at radius 3 is 1.24 bits per heavy atom. The normalized spacial score (nSPS) is 14.4. The Hall–Kier alpha value is -2.32. The Kier molecular flexibility index (Phi) is 53.7. The van der Waals surface area contributed by atoms with Crippen molar-refractivity contribution in [1.29, 1.82) is 0 Å². The number of aliphatic hydroxyl groups is 1. The Labute approximate surface area is 458 Å². The highest BCUT2D eigenvalue weighted by Gasteiger charge is 2.27. The third-order valence-corrected chi connectivity index (χ3v) is 14.6. The van der Waals surface area contributed by atoms with Gasteiger partial charge in [-0.1, -0.05) is 266 Å². The van der Waals surface area contributed by atoms with E-state index in [4.69, 9.17) is 9.05 Å². The summed E-state index contributed by atoms with van der Waals surface area (Å²) in [5.74, 6) is -0.190. The second-order valence-corrected chi connectivity index (χ2v) is 23.5. The molecule has 0 saturated heterocycles. The van der Waals surface area contributed by atoms with Gasteiger partial charge in [0, 0.05) is 6.42 Å². The third kappa shape index (κ3) is 57.4. The van der Waals surface area contributed by atoms with Crippen LogP contribution in [0.5, 0.6) is 0 Å². The summed E-state index contributed by atoms with van der Waals surface area (Å²) < 4.78 is 23.7. The van der Waals surface area contributed by atoms with E-state index in [0.29, 0.717) is 17.4 Å². The molecule has 430 valence electrons. The van der Waals surface area contributed by atoms with Gasteiger partial charge in [-0.15, -0.1) is 0 Å². The zero-order chi connectivity index (χ0) is 54.2. The highest BCUT2D eigenvalue weighted by atomic mass is 31.2. The number of rotatable bonds is 56. The highest BCUT2D eigenvalue weighted by molar-refractivity contribution is 7.47. The van der Waals surface area contributed by atoms with Crippen molar-refractivity contribution in [3.63, 3.8) is 0 Å². The molecule has 74 heavy (non-hydrogen) atoms. The number of nitrogens with zero attached hydrogens (tertiary/aromatic N) is 1. The van der Waals surface area contributed by atoms with Gasteiger partial charge in [0.25, 0.3) is 0 Å². The van der Waals surface area contributed by atoms with Crippen LogP contribution in [0, 0.1) is 0 Å². The first-order chi connectivity index (χ1) is 36.0. The van der Waals surface area contributed by atoms with E-state index in [1.807, 2.05) is 27.2 Å². The number of carbonyl (C=O) groups is 1. The third-order valence-electron chi connectivity index (χ3n) is 13.6. The van der Waals surface area contributed by atoms with E-state index < -0.39 is 20.0 Å². The summed E-state index contributed by atoms with van der Waals surface area (Å²) in [6.07, 6.45) is 78.5. The minimum Gasteiger partial charge on any atom is -0.387 e. The summed E-state index contributed by atoms with van der Waals surface area (Å²) in [4.78, 5) is 23.3. The first kappa shape index (κ1) is 71.7. The van der Waals surface area contributed by atoms with Crippen molar-refractivity contribution in [2.45, 2.75) is 283 Å². The predicted octanol–water partition coefficient (Wildman–Crippen LogP) is 19.2. The van der Waals surface area contributed by atoms with Gasteiger partial charge in [0.15, 0.2) is 0 Å². The lowest BCUT2D eigenvalue weighted by Crippen LogP contribution is -2.45. The number of allylic oxidation sites excluding steroid dienone is 13. The SMILES string of the molecule is CC/C=C\C/C=C\C/C=C\C/C=C\CCCCCCCCCCCCCCCCCCCCCCC(=O)NC(COP(=O)(O)OCC[N+](C)(C)C)C(O)/C=C/CC/C=C/CC/C=C/CCCCCCCCCCC. The van der Waals surface area contributed by atoms with Gasteiger partial charge in [0.1, 0.15) is 13.2 Å². The second kappa shape index (κ2) is 55.4. The molecule has 0 radical (unpaired) electrons. The standard InChI is InChI=1S/C65H119N2O6P/c1-6-8-10-12-14-16-18-20-22-24-26-27-28-29-30-31-32-33-34-35-36-37-38-39-41-43-45-47-49-51-53-55-57-59-65(69)66-63(62-73-74(70,71)72-61-60-67(3,4)5)64(68)58-56-54-52-50-48-46-44-42-40-25-23-21-19-17-15-13-11-9-7-2/h8,10,14,16,20,22,26-27,40,42,48,50,56,58,63-64,68H,6-7,9,11-13,15,17-19,21,23-25,28-39,41,43-47,49,51-55,57,59-62H2,1-5H3,(H-,66,69,70,71)/p+1/b10-8-,16-14-,22-20-,27-26-,42-40+,50-48+,58-56+. The molecule has 0 aliphatic heterocycles. The first-order valence-corrected chi connectivity index (χ1v) is 32.5. The van der Waals surface area contributed by atoms with Gasteiger partial charge in [-0.25, -0.2) is 4.57 Å². The average molecular weight is 1060 g/mol. The molecular weight excluding hydrogens is 936 g/mol. The number of quaternary nitrogens is 1. The van der Waals surface area contributed by atoms with Gasteiger partial charge in [-0.05, 0) is 83.5 Å². The zero-order valence-electron chi connectivity index (χ0n) is 49.1. The quantitative estimate of drug-likeness (QED) is 0.0243. The van der Waals surface area contributed by atoms with Crippen molar-refractivity contribution in [1.82, 2.24) is 5.32 Å². The van der Waals surface area contributed by atoms with Crippen molar-refractivity contribution in [3.05, 3.63) is 85.1 Å². The van der Waals surface area contributed by atoms with Crippen LogP contribution in [0.25, 0.3) is 0 Å². The summed E-state index contributed by atoms with van der Waals surface area (Å²) >= 11 is 0. The Bertz CT molecular complexity index is 1480. The summed E-state index contributed by atoms with van der Waals surface area (Å²) in [5.41, 5.74) is 0. The Morgan fingerprint density at radius 1 is 0.473 bits per heavy atom. The molecule has 0 spiro atoms. The maximum Gasteiger partial charge on any atom is 0.472 e. The number of nitrogens with one attached hydrogen (secondary N) is 1. The van der Waals surface area contributed by atoms with Gasteiger partial charge in [-0.2, -0.15) is 0 Å². The number of aliphatic hydroxyl groups excluding tert-OH is 1. The van der Waals surface area contributed by atoms with Crippen LogP contribution in [0.3, 0.4) is 0 Å². The average Bonchev–Trinajstić information content (AvgIpc) is 3.36. The lowest BCUT2D eigenvalue weighted by Gasteiger charge is -2.25. The van der Waals surface area contributed by atoms with Crippen molar-refractivity contribution in [3.8, 4) is 0 Å². The molecular formula is C65H120N2O6P+. The van der Waals surface area contributed by atoms with Gasteiger partial charge < -0.3 is 19.8 Å². The van der Waals surface area contributed by atoms with E-state index in [1.54, 1.807) is 6.08 Å². The minimum atomic E-state index is -4.36. The molecule has 0 saturated carbocycles. The maximum absolute atomic E-state index is 13.0. The molecule has 0 aliphatic rings. The van der Waals surface area contributed by atoms with Crippen LogP contribution in [0.1, 0.15) is 271 Å². The van der Waals surface area contributed by atoms with Crippen LogP contribution < -0.4 is 5.32 Å². The van der Waals surface area contributed by atoms with Crippen molar-refractivity contribution in [2.24, 2.45) is 0 Å². The van der Waals surface area contributed by atoms with E-state index in [1.165, 1.54) is 180 Å². The van der Waals surface area contributed by atoms with E-state index in [0.717, 1.165) is 70.6 Å². The van der Waals surface area contributed by atoms with Crippen LogP contribution in [0.4, 0.5) is 0 Å². The fourth-order valence-corrected chi connectivity index (χ4v) is 9.51. The monoisotopic (exact) mass is 1060 g/mol. The van der Waals surface area contributed by atoms with Gasteiger partial charge in [0.2, 0.25) is 5.91 Å². The Morgan fingerprint density at radius 2 is 0.824 bits per heavy atom. The number of amides is 1. The summed E-state index contributed by atoms with van der Waals surface area (Å²) in [6.45, 7) is 4.69.